The molecular formula is C14H12BrN3. The quantitative estimate of drug-likeness (QED) is 0.935. The molecule has 3 nitrogen and oxygen atoms in total. The lowest BCUT2D eigenvalue weighted by atomic mass is 10.1. The van der Waals surface area contributed by atoms with Gasteiger partial charge in [-0.05, 0) is 36.8 Å². The number of benzene rings is 1. The van der Waals surface area contributed by atoms with E-state index in [9.17, 15) is 0 Å². The van der Waals surface area contributed by atoms with E-state index in [1.165, 1.54) is 0 Å². The van der Waals surface area contributed by atoms with Crippen molar-refractivity contribution >= 4 is 21.7 Å². The molecule has 1 N–H and O–H groups in total. The Labute approximate surface area is 115 Å². The van der Waals surface area contributed by atoms with Crippen molar-refractivity contribution in [3.63, 3.8) is 0 Å². The van der Waals surface area contributed by atoms with Crippen LogP contribution < -0.4 is 5.32 Å². The van der Waals surface area contributed by atoms with Crippen LogP contribution in [0.5, 0.6) is 0 Å². The van der Waals surface area contributed by atoms with Gasteiger partial charge in [0.05, 0.1) is 0 Å². The van der Waals surface area contributed by atoms with Crippen molar-refractivity contribution in [1.82, 2.24) is 4.98 Å². The van der Waals surface area contributed by atoms with Gasteiger partial charge < -0.3 is 5.32 Å². The topological polar surface area (TPSA) is 48.7 Å². The van der Waals surface area contributed by atoms with E-state index in [1.54, 1.807) is 6.07 Å². The predicted octanol–water partition coefficient (Wildman–Crippen LogP) is 3.89. The molecule has 0 aliphatic rings. The van der Waals surface area contributed by atoms with Crippen LogP contribution >= 0.6 is 15.9 Å². The molecule has 1 aromatic carbocycles. The number of hydrogen-bond donors (Lipinski definition) is 1. The second-order valence-electron chi connectivity index (χ2n) is 3.94. The summed E-state index contributed by atoms with van der Waals surface area (Å²) in [6, 6.07) is 15.6. The normalized spacial score (nSPS) is 11.6. The molecule has 0 fully saturated rings. The zero-order chi connectivity index (χ0) is 13.0. The molecule has 0 aliphatic carbocycles. The predicted molar refractivity (Wildman–Crippen MR) is 75.1 cm³/mol. The molecule has 0 spiro atoms. The third kappa shape index (κ3) is 3.08. The van der Waals surface area contributed by atoms with E-state index >= 15 is 0 Å². The SMILES string of the molecule is CC(Nc1cccc(C#N)n1)c1cccc(Br)c1. The van der Waals surface area contributed by atoms with Gasteiger partial charge in [-0.1, -0.05) is 34.1 Å². The fourth-order valence-electron chi connectivity index (χ4n) is 1.66. The number of rotatable bonds is 3. The number of nitrogens with one attached hydrogen (secondary N) is 1. The van der Waals surface area contributed by atoms with E-state index in [0.29, 0.717) is 11.5 Å². The van der Waals surface area contributed by atoms with Gasteiger partial charge >= 0.3 is 0 Å². The summed E-state index contributed by atoms with van der Waals surface area (Å²) in [7, 11) is 0. The Hall–Kier alpha value is -1.86. The highest BCUT2D eigenvalue weighted by Crippen LogP contribution is 2.21. The van der Waals surface area contributed by atoms with Crippen LogP contribution in [-0.2, 0) is 0 Å². The van der Waals surface area contributed by atoms with Crippen LogP contribution in [0, 0.1) is 11.3 Å². The zero-order valence-electron chi connectivity index (χ0n) is 9.89. The smallest absolute Gasteiger partial charge is 0.142 e. The molecule has 0 saturated carbocycles. The summed E-state index contributed by atoms with van der Waals surface area (Å²) in [5, 5.41) is 12.1. The maximum atomic E-state index is 8.80. The van der Waals surface area contributed by atoms with E-state index in [-0.39, 0.29) is 6.04 Å². The number of halogens is 1. The maximum absolute atomic E-state index is 8.80. The van der Waals surface area contributed by atoms with Gasteiger partial charge in [0.2, 0.25) is 0 Å². The molecule has 0 amide bonds. The van der Waals surface area contributed by atoms with Crippen molar-refractivity contribution in [2.45, 2.75) is 13.0 Å². The van der Waals surface area contributed by atoms with E-state index in [4.69, 9.17) is 5.26 Å². The largest absolute Gasteiger partial charge is 0.364 e. The van der Waals surface area contributed by atoms with Gasteiger partial charge in [-0.3, -0.25) is 0 Å². The Balaban J connectivity index is 2.16. The lowest BCUT2D eigenvalue weighted by molar-refractivity contribution is 0.873. The summed E-state index contributed by atoms with van der Waals surface area (Å²) < 4.78 is 1.05. The Bertz CT molecular complexity index is 590. The Morgan fingerprint density at radius 1 is 1.28 bits per heavy atom. The molecule has 0 saturated heterocycles. The highest BCUT2D eigenvalue weighted by atomic mass is 79.9. The summed E-state index contributed by atoms with van der Waals surface area (Å²) in [6.07, 6.45) is 0. The van der Waals surface area contributed by atoms with Crippen molar-refractivity contribution in [3.8, 4) is 6.07 Å². The summed E-state index contributed by atoms with van der Waals surface area (Å²) in [6.45, 7) is 2.06. The van der Waals surface area contributed by atoms with Crippen molar-refractivity contribution < 1.29 is 0 Å². The molecule has 2 rings (SSSR count). The van der Waals surface area contributed by atoms with Crippen LogP contribution in [0.25, 0.3) is 0 Å². The Morgan fingerprint density at radius 3 is 2.78 bits per heavy atom. The number of pyridine rings is 1. The van der Waals surface area contributed by atoms with Gasteiger partial charge in [0.15, 0.2) is 0 Å². The molecular weight excluding hydrogens is 290 g/mol. The number of aromatic nitrogens is 1. The maximum Gasteiger partial charge on any atom is 0.142 e. The van der Waals surface area contributed by atoms with Gasteiger partial charge in [0, 0.05) is 10.5 Å². The Kier molecular flexibility index (Phi) is 3.96. The van der Waals surface area contributed by atoms with Crippen LogP contribution in [-0.4, -0.2) is 4.98 Å². The molecule has 18 heavy (non-hydrogen) atoms. The Morgan fingerprint density at radius 2 is 2.06 bits per heavy atom. The lowest BCUT2D eigenvalue weighted by Gasteiger charge is -2.15. The van der Waals surface area contributed by atoms with Crippen molar-refractivity contribution in [2.24, 2.45) is 0 Å². The highest BCUT2D eigenvalue weighted by Gasteiger charge is 2.06. The fourth-order valence-corrected chi connectivity index (χ4v) is 2.08. The van der Waals surface area contributed by atoms with Gasteiger partial charge in [-0.25, -0.2) is 4.98 Å². The van der Waals surface area contributed by atoms with Crippen LogP contribution in [0.1, 0.15) is 24.2 Å². The second kappa shape index (κ2) is 5.65. The van der Waals surface area contributed by atoms with Crippen LogP contribution in [0.3, 0.4) is 0 Å². The standard InChI is InChI=1S/C14H12BrN3/c1-10(11-4-2-5-12(15)8-11)17-14-7-3-6-13(9-16)18-14/h2-8,10H,1H3,(H,17,18). The lowest BCUT2D eigenvalue weighted by Crippen LogP contribution is -2.08. The molecule has 1 atom stereocenters. The van der Waals surface area contributed by atoms with E-state index in [1.807, 2.05) is 30.3 Å². The summed E-state index contributed by atoms with van der Waals surface area (Å²) in [4.78, 5) is 4.20. The molecule has 1 aromatic heterocycles. The fraction of sp³-hybridized carbons (Fsp3) is 0.143. The zero-order valence-corrected chi connectivity index (χ0v) is 11.5. The van der Waals surface area contributed by atoms with E-state index < -0.39 is 0 Å². The third-order valence-corrected chi connectivity index (χ3v) is 3.07. The first-order valence-electron chi connectivity index (χ1n) is 5.58. The van der Waals surface area contributed by atoms with E-state index in [0.717, 1.165) is 10.0 Å². The van der Waals surface area contributed by atoms with Gasteiger partial charge in [0.1, 0.15) is 17.6 Å². The monoisotopic (exact) mass is 301 g/mol. The molecule has 1 heterocycles. The first-order valence-corrected chi connectivity index (χ1v) is 6.37. The minimum Gasteiger partial charge on any atom is -0.364 e. The first kappa shape index (κ1) is 12.6. The summed E-state index contributed by atoms with van der Waals surface area (Å²) in [5.74, 6) is 0.710. The van der Waals surface area contributed by atoms with Crippen LogP contribution in [0.15, 0.2) is 46.9 Å². The second-order valence-corrected chi connectivity index (χ2v) is 4.86. The summed E-state index contributed by atoms with van der Waals surface area (Å²) >= 11 is 3.45. The average molecular weight is 302 g/mol. The average Bonchev–Trinajstić information content (AvgIpc) is 2.39. The minimum atomic E-state index is 0.129. The molecule has 4 heteroatoms. The molecule has 2 aromatic rings. The van der Waals surface area contributed by atoms with Crippen LogP contribution in [0.2, 0.25) is 0 Å². The van der Waals surface area contributed by atoms with Gasteiger partial charge in [-0.2, -0.15) is 5.26 Å². The number of hydrogen-bond acceptors (Lipinski definition) is 3. The molecule has 0 radical (unpaired) electrons. The van der Waals surface area contributed by atoms with Crippen molar-refractivity contribution in [3.05, 3.63) is 58.2 Å². The molecule has 0 aliphatic heterocycles. The highest BCUT2D eigenvalue weighted by molar-refractivity contribution is 9.10. The number of nitriles is 1. The van der Waals surface area contributed by atoms with Gasteiger partial charge in [0.25, 0.3) is 0 Å². The van der Waals surface area contributed by atoms with Gasteiger partial charge in [-0.15, -0.1) is 0 Å². The molecule has 1 unspecified atom stereocenters. The first-order chi connectivity index (χ1) is 8.69. The van der Waals surface area contributed by atoms with Crippen molar-refractivity contribution in [2.75, 3.05) is 5.32 Å². The van der Waals surface area contributed by atoms with Crippen molar-refractivity contribution in [1.29, 1.82) is 5.26 Å². The molecule has 0 bridgehead atoms. The molecule has 90 valence electrons. The summed E-state index contributed by atoms with van der Waals surface area (Å²) in [5.41, 5.74) is 1.58. The number of anilines is 1. The third-order valence-electron chi connectivity index (χ3n) is 2.58. The van der Waals surface area contributed by atoms with E-state index in [2.05, 4.69) is 45.3 Å². The minimum absolute atomic E-state index is 0.129. The van der Waals surface area contributed by atoms with Crippen LogP contribution in [0.4, 0.5) is 5.82 Å². The number of nitrogens with zero attached hydrogens (tertiary/aromatic N) is 2.